The van der Waals surface area contributed by atoms with Gasteiger partial charge in [0.05, 0.1) is 6.61 Å². The Kier molecular flexibility index (Phi) is 6.82. The molecule has 0 aromatic rings. The van der Waals surface area contributed by atoms with Gasteiger partial charge in [-0.2, -0.15) is 0 Å². The lowest BCUT2D eigenvalue weighted by Crippen LogP contribution is -2.36. The summed E-state index contributed by atoms with van der Waals surface area (Å²) in [7, 11) is 3.57. The minimum atomic E-state index is 0.719. The van der Waals surface area contributed by atoms with Crippen LogP contribution in [0.5, 0.6) is 0 Å². The lowest BCUT2D eigenvalue weighted by atomic mass is 10.6. The standard InChI is InChI=1S/C7H17N3O/c1-4-11-6-5-10-7(8-2)9-3/h4-6H2,1-3H3,(H2,8,9,10). The highest BCUT2D eigenvalue weighted by Crippen LogP contribution is 1.70. The monoisotopic (exact) mass is 159 g/mol. The van der Waals surface area contributed by atoms with Gasteiger partial charge in [-0.15, -0.1) is 0 Å². The van der Waals surface area contributed by atoms with Crippen molar-refractivity contribution in [2.75, 3.05) is 33.9 Å². The molecule has 0 spiro atoms. The average Bonchev–Trinajstić information content (AvgIpc) is 2.05. The number of ether oxygens (including phenoxy) is 1. The Balaban J connectivity index is 3.22. The highest BCUT2D eigenvalue weighted by atomic mass is 16.5. The third kappa shape index (κ3) is 5.66. The second-order valence-corrected chi connectivity index (χ2v) is 1.95. The number of aliphatic imine (C=N–C) groups is 1. The zero-order chi connectivity index (χ0) is 8.53. The van der Waals surface area contributed by atoms with Crippen LogP contribution in [0.15, 0.2) is 4.99 Å². The molecular weight excluding hydrogens is 142 g/mol. The van der Waals surface area contributed by atoms with Gasteiger partial charge < -0.3 is 15.4 Å². The maximum absolute atomic E-state index is 5.13. The first-order valence-corrected chi connectivity index (χ1v) is 3.81. The second kappa shape index (κ2) is 7.34. The van der Waals surface area contributed by atoms with Gasteiger partial charge in [0.15, 0.2) is 5.96 Å². The van der Waals surface area contributed by atoms with E-state index in [1.807, 2.05) is 14.0 Å². The SMILES string of the molecule is CCOCCNC(=NC)NC. The van der Waals surface area contributed by atoms with E-state index < -0.39 is 0 Å². The second-order valence-electron chi connectivity index (χ2n) is 1.95. The van der Waals surface area contributed by atoms with Gasteiger partial charge in [0.25, 0.3) is 0 Å². The Bertz CT molecular complexity index is 114. The quantitative estimate of drug-likeness (QED) is 0.340. The number of hydrogen-bond acceptors (Lipinski definition) is 2. The molecule has 0 bridgehead atoms. The minimum absolute atomic E-state index is 0.719. The van der Waals surface area contributed by atoms with E-state index in [9.17, 15) is 0 Å². The van der Waals surface area contributed by atoms with Gasteiger partial charge in [0.2, 0.25) is 0 Å². The van der Waals surface area contributed by atoms with Crippen LogP contribution in [0.1, 0.15) is 6.92 Å². The largest absolute Gasteiger partial charge is 0.380 e. The Morgan fingerprint density at radius 1 is 1.55 bits per heavy atom. The maximum Gasteiger partial charge on any atom is 0.190 e. The van der Waals surface area contributed by atoms with Crippen molar-refractivity contribution in [1.82, 2.24) is 10.6 Å². The van der Waals surface area contributed by atoms with Crippen molar-refractivity contribution < 1.29 is 4.74 Å². The highest BCUT2D eigenvalue weighted by Gasteiger charge is 1.90. The number of guanidine groups is 1. The summed E-state index contributed by atoms with van der Waals surface area (Å²) >= 11 is 0. The zero-order valence-electron chi connectivity index (χ0n) is 7.48. The van der Waals surface area contributed by atoms with E-state index in [4.69, 9.17) is 4.74 Å². The van der Waals surface area contributed by atoms with Gasteiger partial charge in [-0.1, -0.05) is 0 Å². The van der Waals surface area contributed by atoms with Crippen LogP contribution in [-0.2, 0) is 4.74 Å². The first-order chi connectivity index (χ1) is 5.35. The molecule has 66 valence electrons. The lowest BCUT2D eigenvalue weighted by Gasteiger charge is -2.07. The van der Waals surface area contributed by atoms with E-state index >= 15 is 0 Å². The predicted molar refractivity (Wildman–Crippen MR) is 46.9 cm³/mol. The molecule has 0 fully saturated rings. The summed E-state index contributed by atoms with van der Waals surface area (Å²) in [5, 5.41) is 5.98. The van der Waals surface area contributed by atoms with Crippen LogP contribution in [0.2, 0.25) is 0 Å². The van der Waals surface area contributed by atoms with Crippen molar-refractivity contribution in [3.05, 3.63) is 0 Å². The summed E-state index contributed by atoms with van der Waals surface area (Å²) < 4.78 is 5.13. The molecule has 0 heterocycles. The summed E-state index contributed by atoms with van der Waals surface area (Å²) in [6, 6.07) is 0. The zero-order valence-corrected chi connectivity index (χ0v) is 7.48. The smallest absolute Gasteiger partial charge is 0.190 e. The van der Waals surface area contributed by atoms with Gasteiger partial charge in [0.1, 0.15) is 0 Å². The third-order valence-electron chi connectivity index (χ3n) is 1.20. The Labute approximate surface area is 68.0 Å². The van der Waals surface area contributed by atoms with Gasteiger partial charge in [-0.3, -0.25) is 4.99 Å². The van der Waals surface area contributed by atoms with Gasteiger partial charge in [-0.25, -0.2) is 0 Å². The van der Waals surface area contributed by atoms with Gasteiger partial charge in [0, 0.05) is 27.2 Å². The molecule has 0 saturated heterocycles. The normalized spacial score (nSPS) is 11.4. The summed E-state index contributed by atoms with van der Waals surface area (Å²) in [6.45, 7) is 4.26. The fraction of sp³-hybridized carbons (Fsp3) is 0.857. The Hall–Kier alpha value is -0.770. The summed E-state index contributed by atoms with van der Waals surface area (Å²) in [5.74, 6) is 0.796. The summed E-state index contributed by atoms with van der Waals surface area (Å²) in [6.07, 6.45) is 0. The molecular formula is C7H17N3O. The van der Waals surface area contributed by atoms with Crippen molar-refractivity contribution in [3.8, 4) is 0 Å². The third-order valence-corrected chi connectivity index (χ3v) is 1.20. The number of nitrogens with one attached hydrogen (secondary N) is 2. The number of hydrogen-bond donors (Lipinski definition) is 2. The van der Waals surface area contributed by atoms with Crippen molar-refractivity contribution >= 4 is 5.96 Å². The highest BCUT2D eigenvalue weighted by molar-refractivity contribution is 5.79. The van der Waals surface area contributed by atoms with Crippen LogP contribution in [0.4, 0.5) is 0 Å². The van der Waals surface area contributed by atoms with Crippen molar-refractivity contribution in [3.63, 3.8) is 0 Å². The fourth-order valence-corrected chi connectivity index (χ4v) is 0.665. The molecule has 11 heavy (non-hydrogen) atoms. The minimum Gasteiger partial charge on any atom is -0.380 e. The van der Waals surface area contributed by atoms with Crippen LogP contribution in [0.25, 0.3) is 0 Å². The van der Waals surface area contributed by atoms with Crippen molar-refractivity contribution in [2.24, 2.45) is 4.99 Å². The molecule has 0 atom stereocenters. The van der Waals surface area contributed by atoms with Gasteiger partial charge in [-0.05, 0) is 6.92 Å². The molecule has 0 aromatic heterocycles. The fourth-order valence-electron chi connectivity index (χ4n) is 0.665. The number of rotatable bonds is 4. The van der Waals surface area contributed by atoms with E-state index in [1.165, 1.54) is 0 Å². The summed E-state index contributed by atoms with van der Waals surface area (Å²) in [5.41, 5.74) is 0. The van der Waals surface area contributed by atoms with E-state index in [2.05, 4.69) is 15.6 Å². The van der Waals surface area contributed by atoms with Gasteiger partial charge >= 0.3 is 0 Å². The Morgan fingerprint density at radius 2 is 2.27 bits per heavy atom. The molecule has 4 nitrogen and oxygen atoms in total. The average molecular weight is 159 g/mol. The molecule has 4 heteroatoms. The predicted octanol–water partition coefficient (Wildman–Crippen LogP) is -0.182. The molecule has 0 aliphatic rings. The first kappa shape index (κ1) is 10.2. The molecule has 2 N–H and O–H groups in total. The molecule has 0 aliphatic heterocycles. The molecule has 0 radical (unpaired) electrons. The van der Waals surface area contributed by atoms with Crippen molar-refractivity contribution in [2.45, 2.75) is 6.92 Å². The van der Waals surface area contributed by atoms with Crippen LogP contribution in [-0.4, -0.2) is 39.8 Å². The van der Waals surface area contributed by atoms with Crippen LogP contribution in [0, 0.1) is 0 Å². The molecule has 0 unspecified atom stereocenters. The molecule has 0 aliphatic carbocycles. The molecule has 0 aromatic carbocycles. The maximum atomic E-state index is 5.13. The molecule has 0 saturated carbocycles. The van der Waals surface area contributed by atoms with Crippen LogP contribution >= 0.6 is 0 Å². The number of nitrogens with zero attached hydrogens (tertiary/aromatic N) is 1. The molecule has 0 amide bonds. The first-order valence-electron chi connectivity index (χ1n) is 3.81. The van der Waals surface area contributed by atoms with Crippen LogP contribution in [0.3, 0.4) is 0 Å². The lowest BCUT2D eigenvalue weighted by molar-refractivity contribution is 0.152. The topological polar surface area (TPSA) is 45.6 Å². The van der Waals surface area contributed by atoms with E-state index in [1.54, 1.807) is 7.05 Å². The van der Waals surface area contributed by atoms with E-state index in [0.717, 1.165) is 25.7 Å². The molecule has 0 rings (SSSR count). The summed E-state index contributed by atoms with van der Waals surface area (Å²) in [4.78, 5) is 3.94. The van der Waals surface area contributed by atoms with E-state index in [0.29, 0.717) is 0 Å². The van der Waals surface area contributed by atoms with Crippen LogP contribution < -0.4 is 10.6 Å². The van der Waals surface area contributed by atoms with E-state index in [-0.39, 0.29) is 0 Å². The Morgan fingerprint density at radius 3 is 2.73 bits per heavy atom. The van der Waals surface area contributed by atoms with Crippen molar-refractivity contribution in [1.29, 1.82) is 0 Å².